The van der Waals surface area contributed by atoms with E-state index in [9.17, 15) is 14.7 Å². The number of carbonyl (C=O) groups excluding carboxylic acids is 2. The highest BCUT2D eigenvalue weighted by Crippen LogP contribution is 2.58. The standard InChI is InChI=1S/C18H27N3O3/c22-16(3-1-15-2-4-17(23)21-20-15)19-10-18(24)13-6-11-5-12(8-13)9-14(18)7-11/h11-14,24H,1-10H2,(H,19,22)(H,21,23). The fraction of sp³-hybridized carbons (Fsp3) is 0.833. The first-order valence-corrected chi connectivity index (χ1v) is 9.36. The van der Waals surface area contributed by atoms with E-state index in [1.165, 1.54) is 6.42 Å². The quantitative estimate of drug-likeness (QED) is 0.709. The first kappa shape index (κ1) is 16.1. The topological polar surface area (TPSA) is 90.8 Å². The highest BCUT2D eigenvalue weighted by molar-refractivity contribution is 5.94. The third-order valence-electron chi connectivity index (χ3n) is 6.74. The van der Waals surface area contributed by atoms with Crippen LogP contribution >= 0.6 is 0 Å². The number of aliphatic hydroxyl groups is 1. The summed E-state index contributed by atoms with van der Waals surface area (Å²) >= 11 is 0. The molecule has 6 nitrogen and oxygen atoms in total. The molecule has 5 rings (SSSR count). The molecular formula is C18H27N3O3. The van der Waals surface area contributed by atoms with Crippen molar-refractivity contribution in [3.8, 4) is 0 Å². The Balaban J connectivity index is 1.27. The predicted octanol–water partition coefficient (Wildman–Crippen LogP) is 1.34. The van der Waals surface area contributed by atoms with Crippen LogP contribution in [0.1, 0.15) is 57.8 Å². The van der Waals surface area contributed by atoms with Crippen LogP contribution in [0.5, 0.6) is 0 Å². The van der Waals surface area contributed by atoms with Crippen LogP contribution in [0.2, 0.25) is 0 Å². The second-order valence-corrected chi connectivity index (χ2v) is 8.29. The maximum atomic E-state index is 12.2. The van der Waals surface area contributed by atoms with E-state index < -0.39 is 5.60 Å². The van der Waals surface area contributed by atoms with Crippen LogP contribution in [0.15, 0.2) is 5.10 Å². The molecule has 1 aliphatic heterocycles. The first-order chi connectivity index (χ1) is 11.5. The molecule has 6 heteroatoms. The van der Waals surface area contributed by atoms with E-state index in [1.807, 2.05) is 0 Å². The molecule has 24 heavy (non-hydrogen) atoms. The predicted molar refractivity (Wildman–Crippen MR) is 89.1 cm³/mol. The van der Waals surface area contributed by atoms with Crippen LogP contribution < -0.4 is 10.7 Å². The summed E-state index contributed by atoms with van der Waals surface area (Å²) in [5.74, 6) is 2.26. The normalized spacial score (nSPS) is 40.2. The third kappa shape index (κ3) is 2.96. The van der Waals surface area contributed by atoms with Gasteiger partial charge in [-0.1, -0.05) is 0 Å². The van der Waals surface area contributed by atoms with Gasteiger partial charge in [-0.05, 0) is 68.6 Å². The molecule has 0 aromatic carbocycles. The smallest absolute Gasteiger partial charge is 0.240 e. The molecule has 4 aliphatic carbocycles. The molecule has 0 atom stereocenters. The van der Waals surface area contributed by atoms with Gasteiger partial charge in [0.15, 0.2) is 0 Å². The molecule has 132 valence electrons. The van der Waals surface area contributed by atoms with Crippen LogP contribution in [0.3, 0.4) is 0 Å². The monoisotopic (exact) mass is 333 g/mol. The summed E-state index contributed by atoms with van der Waals surface area (Å²) in [6.07, 6.45) is 7.92. The lowest BCUT2D eigenvalue weighted by Crippen LogP contribution is -2.62. The molecule has 4 bridgehead atoms. The number of nitrogens with zero attached hydrogens (tertiary/aromatic N) is 1. The van der Waals surface area contributed by atoms with Gasteiger partial charge in [0.05, 0.1) is 5.60 Å². The Morgan fingerprint density at radius 3 is 2.42 bits per heavy atom. The number of hydrogen-bond donors (Lipinski definition) is 3. The molecule has 0 aromatic rings. The second kappa shape index (κ2) is 6.14. The SMILES string of the molecule is O=C(CCC1=NNC(=O)CC1)NCC1(O)C2CC3CC(C2)CC1C3. The summed E-state index contributed by atoms with van der Waals surface area (Å²) in [6.45, 7) is 0.393. The number of amides is 2. The van der Waals surface area contributed by atoms with E-state index in [-0.39, 0.29) is 11.8 Å². The average molecular weight is 333 g/mol. The van der Waals surface area contributed by atoms with Gasteiger partial charge in [0, 0.05) is 25.1 Å². The van der Waals surface area contributed by atoms with Crippen LogP contribution in [-0.2, 0) is 9.59 Å². The summed E-state index contributed by atoms with van der Waals surface area (Å²) < 4.78 is 0. The van der Waals surface area contributed by atoms with Crippen molar-refractivity contribution < 1.29 is 14.7 Å². The molecule has 0 aromatic heterocycles. The Hall–Kier alpha value is -1.43. The lowest BCUT2D eigenvalue weighted by molar-refractivity contribution is -0.171. The Bertz CT molecular complexity index is 544. The lowest BCUT2D eigenvalue weighted by Gasteiger charge is -2.58. The van der Waals surface area contributed by atoms with E-state index in [2.05, 4.69) is 15.8 Å². The van der Waals surface area contributed by atoms with Crippen molar-refractivity contribution >= 4 is 17.5 Å². The van der Waals surface area contributed by atoms with E-state index in [0.29, 0.717) is 44.1 Å². The Morgan fingerprint density at radius 2 is 1.83 bits per heavy atom. The minimum atomic E-state index is -0.695. The Kier molecular flexibility index (Phi) is 4.11. The van der Waals surface area contributed by atoms with E-state index in [4.69, 9.17) is 0 Å². The summed E-state index contributed by atoms with van der Waals surface area (Å²) in [4.78, 5) is 23.2. The number of hydrazone groups is 1. The van der Waals surface area contributed by atoms with E-state index in [0.717, 1.165) is 43.2 Å². The molecule has 0 unspecified atom stereocenters. The zero-order valence-electron chi connectivity index (χ0n) is 14.1. The zero-order chi connectivity index (χ0) is 16.7. The zero-order valence-corrected chi connectivity index (χ0v) is 14.1. The van der Waals surface area contributed by atoms with Gasteiger partial charge in [-0.3, -0.25) is 9.59 Å². The van der Waals surface area contributed by atoms with Crippen molar-refractivity contribution in [3.05, 3.63) is 0 Å². The van der Waals surface area contributed by atoms with Gasteiger partial charge in [-0.15, -0.1) is 0 Å². The third-order valence-corrected chi connectivity index (χ3v) is 6.74. The molecule has 0 radical (unpaired) electrons. The van der Waals surface area contributed by atoms with Gasteiger partial charge < -0.3 is 10.4 Å². The van der Waals surface area contributed by atoms with Gasteiger partial charge >= 0.3 is 0 Å². The minimum Gasteiger partial charge on any atom is -0.387 e. The second-order valence-electron chi connectivity index (χ2n) is 8.29. The van der Waals surface area contributed by atoms with Crippen molar-refractivity contribution in [2.75, 3.05) is 6.54 Å². The van der Waals surface area contributed by atoms with Gasteiger partial charge in [-0.25, -0.2) is 5.43 Å². The molecular weight excluding hydrogens is 306 g/mol. The van der Waals surface area contributed by atoms with Crippen molar-refractivity contribution in [1.82, 2.24) is 10.7 Å². The molecule has 4 fully saturated rings. The highest BCUT2D eigenvalue weighted by atomic mass is 16.3. The Labute approximate surface area is 142 Å². The van der Waals surface area contributed by atoms with Crippen molar-refractivity contribution in [3.63, 3.8) is 0 Å². The van der Waals surface area contributed by atoms with Gasteiger partial charge in [0.1, 0.15) is 0 Å². The van der Waals surface area contributed by atoms with Gasteiger partial charge in [-0.2, -0.15) is 5.10 Å². The van der Waals surface area contributed by atoms with Crippen LogP contribution in [0, 0.1) is 23.7 Å². The summed E-state index contributed by atoms with van der Waals surface area (Å²) in [5.41, 5.74) is 2.64. The van der Waals surface area contributed by atoms with Crippen molar-refractivity contribution in [1.29, 1.82) is 0 Å². The molecule has 2 amide bonds. The van der Waals surface area contributed by atoms with Crippen molar-refractivity contribution in [2.24, 2.45) is 28.8 Å². The Morgan fingerprint density at radius 1 is 1.17 bits per heavy atom. The number of hydrogen-bond acceptors (Lipinski definition) is 4. The summed E-state index contributed by atoms with van der Waals surface area (Å²) in [6, 6.07) is 0. The fourth-order valence-electron chi connectivity index (χ4n) is 5.57. The molecule has 0 saturated heterocycles. The fourth-order valence-corrected chi connectivity index (χ4v) is 5.57. The molecule has 3 N–H and O–H groups in total. The summed E-state index contributed by atoms with van der Waals surface area (Å²) in [7, 11) is 0. The van der Waals surface area contributed by atoms with Gasteiger partial charge in [0.2, 0.25) is 11.8 Å². The molecule has 5 aliphatic rings. The van der Waals surface area contributed by atoms with E-state index in [1.54, 1.807) is 0 Å². The highest BCUT2D eigenvalue weighted by Gasteiger charge is 2.56. The lowest BCUT2D eigenvalue weighted by atomic mass is 9.50. The maximum absolute atomic E-state index is 12.2. The van der Waals surface area contributed by atoms with Crippen molar-refractivity contribution in [2.45, 2.75) is 63.4 Å². The summed E-state index contributed by atoms with van der Waals surface area (Å²) in [5, 5.41) is 18.2. The average Bonchev–Trinajstić information content (AvgIpc) is 2.57. The van der Waals surface area contributed by atoms with Crippen LogP contribution in [-0.4, -0.2) is 34.8 Å². The van der Waals surface area contributed by atoms with E-state index >= 15 is 0 Å². The first-order valence-electron chi connectivity index (χ1n) is 9.36. The number of nitrogens with one attached hydrogen (secondary N) is 2. The maximum Gasteiger partial charge on any atom is 0.240 e. The molecule has 1 heterocycles. The van der Waals surface area contributed by atoms with Gasteiger partial charge in [0.25, 0.3) is 0 Å². The largest absolute Gasteiger partial charge is 0.387 e. The number of carbonyl (C=O) groups is 2. The van der Waals surface area contributed by atoms with Crippen LogP contribution in [0.4, 0.5) is 0 Å². The number of rotatable bonds is 5. The van der Waals surface area contributed by atoms with Crippen LogP contribution in [0.25, 0.3) is 0 Å². The molecule has 0 spiro atoms. The molecule has 4 saturated carbocycles. The minimum absolute atomic E-state index is 0.0307.